The lowest BCUT2D eigenvalue weighted by Gasteiger charge is -2.30. The SMILES string of the molecule is Cc1nc(N)sc1C(=O)N1CCCC(C(N)=O)C1. The summed E-state index contributed by atoms with van der Waals surface area (Å²) in [5.74, 6) is -0.686. The van der Waals surface area contributed by atoms with Gasteiger partial charge in [0.1, 0.15) is 4.88 Å². The first-order valence-electron chi connectivity index (χ1n) is 5.80. The monoisotopic (exact) mass is 268 g/mol. The molecule has 7 heteroatoms. The van der Waals surface area contributed by atoms with E-state index in [1.54, 1.807) is 11.8 Å². The molecular formula is C11H16N4O2S. The summed E-state index contributed by atoms with van der Waals surface area (Å²) >= 11 is 1.19. The molecule has 0 aromatic carbocycles. The highest BCUT2D eigenvalue weighted by atomic mass is 32.1. The number of carbonyl (C=O) groups excluding carboxylic acids is 2. The number of likely N-dealkylation sites (tertiary alicyclic amines) is 1. The molecule has 1 aliphatic heterocycles. The molecule has 1 saturated heterocycles. The van der Waals surface area contributed by atoms with Gasteiger partial charge in [-0.1, -0.05) is 11.3 Å². The number of amides is 2. The van der Waals surface area contributed by atoms with Gasteiger partial charge in [-0.3, -0.25) is 9.59 Å². The highest BCUT2D eigenvalue weighted by Gasteiger charge is 2.29. The van der Waals surface area contributed by atoms with E-state index in [4.69, 9.17) is 11.5 Å². The Balaban J connectivity index is 2.14. The van der Waals surface area contributed by atoms with E-state index in [9.17, 15) is 9.59 Å². The van der Waals surface area contributed by atoms with E-state index in [1.807, 2.05) is 0 Å². The fraction of sp³-hybridized carbons (Fsp3) is 0.545. The predicted molar refractivity (Wildman–Crippen MR) is 69.1 cm³/mol. The number of hydrogen-bond donors (Lipinski definition) is 2. The van der Waals surface area contributed by atoms with Gasteiger partial charge in [-0.05, 0) is 19.8 Å². The van der Waals surface area contributed by atoms with Crippen LogP contribution in [-0.2, 0) is 4.79 Å². The van der Waals surface area contributed by atoms with E-state index in [1.165, 1.54) is 11.3 Å². The van der Waals surface area contributed by atoms with Gasteiger partial charge in [-0.25, -0.2) is 4.98 Å². The largest absolute Gasteiger partial charge is 0.375 e. The third-order valence-corrected chi connectivity index (χ3v) is 4.09. The molecule has 98 valence electrons. The van der Waals surface area contributed by atoms with E-state index >= 15 is 0 Å². The maximum Gasteiger partial charge on any atom is 0.265 e. The summed E-state index contributed by atoms with van der Waals surface area (Å²) in [5.41, 5.74) is 11.5. The molecule has 0 aliphatic carbocycles. The van der Waals surface area contributed by atoms with Crippen molar-refractivity contribution in [3.63, 3.8) is 0 Å². The first-order chi connectivity index (χ1) is 8.49. The zero-order valence-electron chi connectivity index (χ0n) is 10.2. The van der Waals surface area contributed by atoms with Crippen molar-refractivity contribution in [3.8, 4) is 0 Å². The van der Waals surface area contributed by atoms with Crippen molar-refractivity contribution in [2.24, 2.45) is 11.7 Å². The topological polar surface area (TPSA) is 102 Å². The fourth-order valence-electron chi connectivity index (χ4n) is 2.15. The van der Waals surface area contributed by atoms with Crippen LogP contribution in [0.1, 0.15) is 28.2 Å². The molecule has 1 fully saturated rings. The van der Waals surface area contributed by atoms with Crippen LogP contribution in [-0.4, -0.2) is 34.8 Å². The number of rotatable bonds is 2. The average Bonchev–Trinajstić information content (AvgIpc) is 2.67. The van der Waals surface area contributed by atoms with Crippen LogP contribution in [0, 0.1) is 12.8 Å². The number of aryl methyl sites for hydroxylation is 1. The molecule has 2 amide bonds. The lowest BCUT2D eigenvalue weighted by atomic mass is 9.97. The second kappa shape index (κ2) is 4.93. The number of thiazole rings is 1. The Labute approximate surface area is 109 Å². The summed E-state index contributed by atoms with van der Waals surface area (Å²) < 4.78 is 0. The smallest absolute Gasteiger partial charge is 0.265 e. The van der Waals surface area contributed by atoms with Crippen molar-refractivity contribution in [3.05, 3.63) is 10.6 Å². The molecule has 2 heterocycles. The number of carbonyl (C=O) groups is 2. The highest BCUT2D eigenvalue weighted by Crippen LogP contribution is 2.24. The number of nitrogen functional groups attached to an aromatic ring is 1. The molecule has 18 heavy (non-hydrogen) atoms. The molecule has 6 nitrogen and oxygen atoms in total. The number of primary amides is 1. The second-order valence-electron chi connectivity index (χ2n) is 4.46. The molecule has 0 saturated carbocycles. The van der Waals surface area contributed by atoms with E-state index in [-0.39, 0.29) is 17.7 Å². The lowest BCUT2D eigenvalue weighted by molar-refractivity contribution is -0.123. The third-order valence-electron chi connectivity index (χ3n) is 3.12. The van der Waals surface area contributed by atoms with Gasteiger partial charge in [0.05, 0.1) is 11.6 Å². The quantitative estimate of drug-likeness (QED) is 0.809. The number of nitrogens with two attached hydrogens (primary N) is 2. The molecule has 1 atom stereocenters. The Morgan fingerprint density at radius 1 is 1.50 bits per heavy atom. The number of anilines is 1. The van der Waals surface area contributed by atoms with Crippen molar-refractivity contribution in [1.82, 2.24) is 9.88 Å². The number of nitrogens with zero attached hydrogens (tertiary/aromatic N) is 2. The maximum atomic E-state index is 12.3. The van der Waals surface area contributed by atoms with Crippen LogP contribution in [0.15, 0.2) is 0 Å². The first-order valence-corrected chi connectivity index (χ1v) is 6.62. The average molecular weight is 268 g/mol. The minimum Gasteiger partial charge on any atom is -0.375 e. The van der Waals surface area contributed by atoms with Gasteiger partial charge in [0.15, 0.2) is 5.13 Å². The van der Waals surface area contributed by atoms with Crippen LogP contribution >= 0.6 is 11.3 Å². The molecule has 1 aromatic rings. The van der Waals surface area contributed by atoms with E-state index in [0.29, 0.717) is 28.8 Å². The zero-order chi connectivity index (χ0) is 13.3. The predicted octanol–water partition coefficient (Wildman–Crippen LogP) is 0.371. The molecule has 1 aliphatic rings. The molecule has 4 N–H and O–H groups in total. The standard InChI is InChI=1S/C11H16N4O2S/c1-6-8(18-11(13)14-6)10(17)15-4-2-3-7(5-15)9(12)16/h7H,2-5H2,1H3,(H2,12,16)(H2,13,14). The highest BCUT2D eigenvalue weighted by molar-refractivity contribution is 7.17. The molecular weight excluding hydrogens is 252 g/mol. The maximum absolute atomic E-state index is 12.3. The number of hydrogen-bond acceptors (Lipinski definition) is 5. The lowest BCUT2D eigenvalue weighted by Crippen LogP contribution is -2.44. The first kappa shape index (κ1) is 12.8. The van der Waals surface area contributed by atoms with Crippen LogP contribution in [0.4, 0.5) is 5.13 Å². The summed E-state index contributed by atoms with van der Waals surface area (Å²) in [6, 6.07) is 0. The molecule has 0 radical (unpaired) electrons. The third kappa shape index (κ3) is 2.45. The van der Waals surface area contributed by atoms with Gasteiger partial charge in [0.2, 0.25) is 5.91 Å². The van der Waals surface area contributed by atoms with Gasteiger partial charge in [-0.15, -0.1) is 0 Å². The minimum atomic E-state index is -0.340. The van der Waals surface area contributed by atoms with Crippen LogP contribution in [0.3, 0.4) is 0 Å². The van der Waals surface area contributed by atoms with E-state index in [2.05, 4.69) is 4.98 Å². The van der Waals surface area contributed by atoms with Crippen LogP contribution < -0.4 is 11.5 Å². The summed E-state index contributed by atoms with van der Waals surface area (Å²) in [6.07, 6.45) is 1.55. The molecule has 2 rings (SSSR count). The van der Waals surface area contributed by atoms with Gasteiger partial charge < -0.3 is 16.4 Å². The molecule has 1 aromatic heterocycles. The Kier molecular flexibility index (Phi) is 3.51. The van der Waals surface area contributed by atoms with Gasteiger partial charge >= 0.3 is 0 Å². The fourth-order valence-corrected chi connectivity index (χ4v) is 2.95. The Morgan fingerprint density at radius 2 is 2.22 bits per heavy atom. The van der Waals surface area contributed by atoms with E-state index < -0.39 is 0 Å². The van der Waals surface area contributed by atoms with Crippen molar-refractivity contribution in [2.75, 3.05) is 18.8 Å². The Morgan fingerprint density at radius 3 is 2.78 bits per heavy atom. The number of piperidine rings is 1. The summed E-state index contributed by atoms with van der Waals surface area (Å²) in [7, 11) is 0. The van der Waals surface area contributed by atoms with Crippen molar-refractivity contribution in [1.29, 1.82) is 0 Å². The minimum absolute atomic E-state index is 0.104. The Bertz CT molecular complexity index is 485. The summed E-state index contributed by atoms with van der Waals surface area (Å²) in [4.78, 5) is 29.7. The van der Waals surface area contributed by atoms with Crippen LogP contribution in [0.5, 0.6) is 0 Å². The van der Waals surface area contributed by atoms with Crippen molar-refractivity contribution in [2.45, 2.75) is 19.8 Å². The van der Waals surface area contributed by atoms with Crippen LogP contribution in [0.25, 0.3) is 0 Å². The Hall–Kier alpha value is -1.63. The van der Waals surface area contributed by atoms with Gasteiger partial charge in [-0.2, -0.15) is 0 Å². The summed E-state index contributed by atoms with van der Waals surface area (Å²) in [5, 5.41) is 0.388. The second-order valence-corrected chi connectivity index (χ2v) is 5.49. The van der Waals surface area contributed by atoms with E-state index in [0.717, 1.165) is 12.8 Å². The van der Waals surface area contributed by atoms with Crippen molar-refractivity contribution >= 4 is 28.3 Å². The van der Waals surface area contributed by atoms with Crippen molar-refractivity contribution < 1.29 is 9.59 Å². The molecule has 1 unspecified atom stereocenters. The molecule has 0 spiro atoms. The molecule has 0 bridgehead atoms. The van der Waals surface area contributed by atoms with Crippen LogP contribution in [0.2, 0.25) is 0 Å². The van der Waals surface area contributed by atoms with Gasteiger partial charge in [0.25, 0.3) is 5.91 Å². The normalized spacial score (nSPS) is 19.8. The van der Waals surface area contributed by atoms with Gasteiger partial charge in [0, 0.05) is 13.1 Å². The summed E-state index contributed by atoms with van der Waals surface area (Å²) in [6.45, 7) is 2.81. The number of aromatic nitrogens is 1. The zero-order valence-corrected chi connectivity index (χ0v) is 11.0.